The molecule has 0 saturated heterocycles. The molecule has 1 atom stereocenters. The first-order valence-electron chi connectivity index (χ1n) is 6.00. The van der Waals surface area contributed by atoms with Crippen molar-refractivity contribution in [3.8, 4) is 11.4 Å². The lowest BCUT2D eigenvalue weighted by atomic mass is 9.88. The molecule has 4 nitrogen and oxygen atoms in total. The highest BCUT2D eigenvalue weighted by atomic mass is 35.5. The summed E-state index contributed by atoms with van der Waals surface area (Å²) >= 11 is 5.97. The first kappa shape index (κ1) is 14.0. The van der Waals surface area contributed by atoms with Gasteiger partial charge in [0.1, 0.15) is 5.82 Å². The maximum absolute atomic E-state index is 13.0. The first-order chi connectivity index (χ1) is 9.00. The molecule has 0 aliphatic heterocycles. The van der Waals surface area contributed by atoms with Gasteiger partial charge < -0.3 is 10.3 Å². The molecular weight excluding hydrogens is 269 g/mol. The van der Waals surface area contributed by atoms with Crippen LogP contribution in [-0.2, 0) is 5.41 Å². The maximum atomic E-state index is 13.0. The monoisotopic (exact) mass is 283 g/mol. The highest BCUT2D eigenvalue weighted by molar-refractivity contribution is 6.33. The van der Waals surface area contributed by atoms with Crippen LogP contribution in [0, 0.1) is 5.82 Å². The molecule has 6 heteroatoms. The molecule has 0 saturated carbocycles. The second kappa shape index (κ2) is 5.27. The zero-order valence-corrected chi connectivity index (χ0v) is 11.5. The molecule has 2 N–H and O–H groups in total. The van der Waals surface area contributed by atoms with Crippen LogP contribution >= 0.6 is 11.6 Å². The van der Waals surface area contributed by atoms with Crippen LogP contribution in [0.2, 0.25) is 5.02 Å². The number of rotatable bonds is 4. The molecule has 0 radical (unpaired) electrons. The second-order valence-corrected chi connectivity index (χ2v) is 5.07. The quantitative estimate of drug-likeness (QED) is 0.936. The Bertz CT molecular complexity index is 581. The third-order valence-electron chi connectivity index (χ3n) is 3.35. The van der Waals surface area contributed by atoms with E-state index in [0.717, 1.165) is 6.42 Å². The fourth-order valence-electron chi connectivity index (χ4n) is 1.63. The zero-order chi connectivity index (χ0) is 14.0. The van der Waals surface area contributed by atoms with Crippen LogP contribution in [-0.4, -0.2) is 16.7 Å². The summed E-state index contributed by atoms with van der Waals surface area (Å²) in [6, 6.07) is 4.05. The van der Waals surface area contributed by atoms with Crippen LogP contribution < -0.4 is 5.73 Å². The fourth-order valence-corrected chi connectivity index (χ4v) is 1.88. The van der Waals surface area contributed by atoms with Gasteiger partial charge in [-0.05, 0) is 31.5 Å². The van der Waals surface area contributed by atoms with Crippen molar-refractivity contribution in [3.63, 3.8) is 0 Å². The number of nitrogens with two attached hydrogens (primary N) is 1. The molecule has 0 aliphatic rings. The highest BCUT2D eigenvalue weighted by Crippen LogP contribution is 2.30. The molecule has 19 heavy (non-hydrogen) atoms. The van der Waals surface area contributed by atoms with Crippen molar-refractivity contribution < 1.29 is 8.91 Å². The van der Waals surface area contributed by atoms with E-state index in [4.69, 9.17) is 21.9 Å². The molecule has 2 aromatic rings. The summed E-state index contributed by atoms with van der Waals surface area (Å²) in [5.41, 5.74) is 5.92. The van der Waals surface area contributed by atoms with Crippen molar-refractivity contribution in [2.45, 2.75) is 25.7 Å². The summed E-state index contributed by atoms with van der Waals surface area (Å²) < 4.78 is 18.3. The lowest BCUT2D eigenvalue weighted by molar-refractivity contribution is 0.291. The van der Waals surface area contributed by atoms with Crippen LogP contribution in [0.15, 0.2) is 22.7 Å². The molecule has 0 spiro atoms. The SMILES string of the molecule is CCC(C)(CN)c1nc(-c2ccc(F)cc2Cl)no1. The van der Waals surface area contributed by atoms with E-state index in [2.05, 4.69) is 10.1 Å². The van der Waals surface area contributed by atoms with Gasteiger partial charge in [0, 0.05) is 12.1 Å². The number of aromatic nitrogens is 2. The van der Waals surface area contributed by atoms with Crippen LogP contribution in [0.3, 0.4) is 0 Å². The van der Waals surface area contributed by atoms with Gasteiger partial charge in [-0.15, -0.1) is 0 Å². The van der Waals surface area contributed by atoms with Crippen molar-refractivity contribution in [2.75, 3.05) is 6.54 Å². The van der Waals surface area contributed by atoms with Crippen LogP contribution in [0.5, 0.6) is 0 Å². The molecule has 0 amide bonds. The number of hydrogen-bond acceptors (Lipinski definition) is 4. The minimum Gasteiger partial charge on any atom is -0.338 e. The van der Waals surface area contributed by atoms with E-state index in [0.29, 0.717) is 23.8 Å². The summed E-state index contributed by atoms with van der Waals surface area (Å²) in [4.78, 5) is 4.32. The average molecular weight is 284 g/mol. The van der Waals surface area contributed by atoms with E-state index in [9.17, 15) is 4.39 Å². The van der Waals surface area contributed by atoms with Crippen molar-refractivity contribution in [1.82, 2.24) is 10.1 Å². The number of nitrogens with zero attached hydrogens (tertiary/aromatic N) is 2. The Labute approximate surface area is 115 Å². The summed E-state index contributed by atoms with van der Waals surface area (Å²) in [5, 5.41) is 4.14. The van der Waals surface area contributed by atoms with E-state index >= 15 is 0 Å². The van der Waals surface area contributed by atoms with Gasteiger partial charge in [0.2, 0.25) is 11.7 Å². The molecule has 1 aromatic carbocycles. The lowest BCUT2D eigenvalue weighted by Gasteiger charge is -2.20. The summed E-state index contributed by atoms with van der Waals surface area (Å²) in [6.45, 7) is 4.36. The molecule has 0 bridgehead atoms. The van der Waals surface area contributed by atoms with E-state index in [1.807, 2.05) is 13.8 Å². The third-order valence-corrected chi connectivity index (χ3v) is 3.66. The smallest absolute Gasteiger partial charge is 0.234 e. The Morgan fingerprint density at radius 2 is 2.21 bits per heavy atom. The topological polar surface area (TPSA) is 64.9 Å². The van der Waals surface area contributed by atoms with Gasteiger partial charge in [0.05, 0.1) is 10.4 Å². The van der Waals surface area contributed by atoms with Crippen LogP contribution in [0.1, 0.15) is 26.2 Å². The molecule has 1 heterocycles. The molecule has 1 aromatic heterocycles. The van der Waals surface area contributed by atoms with Crippen molar-refractivity contribution in [1.29, 1.82) is 0 Å². The second-order valence-electron chi connectivity index (χ2n) is 4.67. The third kappa shape index (κ3) is 2.62. The molecule has 2 rings (SSSR count). The number of hydrogen-bond donors (Lipinski definition) is 1. The minimum atomic E-state index is -0.405. The Morgan fingerprint density at radius 1 is 1.47 bits per heavy atom. The molecule has 0 aliphatic carbocycles. The average Bonchev–Trinajstić information content (AvgIpc) is 2.88. The van der Waals surface area contributed by atoms with Gasteiger partial charge in [-0.25, -0.2) is 4.39 Å². The summed E-state index contributed by atoms with van der Waals surface area (Å²) in [5.74, 6) is 0.402. The lowest BCUT2D eigenvalue weighted by Crippen LogP contribution is -2.31. The summed E-state index contributed by atoms with van der Waals surface area (Å²) in [6.07, 6.45) is 0.780. The minimum absolute atomic E-state index is 0.248. The molecule has 1 unspecified atom stereocenters. The van der Waals surface area contributed by atoms with Crippen molar-refractivity contribution >= 4 is 11.6 Å². The number of halogens is 2. The van der Waals surface area contributed by atoms with E-state index in [1.54, 1.807) is 0 Å². The van der Waals surface area contributed by atoms with E-state index in [-0.39, 0.29) is 10.4 Å². The van der Waals surface area contributed by atoms with Gasteiger partial charge in [-0.1, -0.05) is 23.7 Å². The highest BCUT2D eigenvalue weighted by Gasteiger charge is 2.30. The van der Waals surface area contributed by atoms with Crippen LogP contribution in [0.4, 0.5) is 4.39 Å². The normalized spacial score (nSPS) is 14.4. The summed E-state index contributed by atoms with van der Waals surface area (Å²) in [7, 11) is 0. The van der Waals surface area contributed by atoms with Gasteiger partial charge in [0.25, 0.3) is 0 Å². The predicted molar refractivity (Wildman–Crippen MR) is 71.4 cm³/mol. The Hall–Kier alpha value is -1.46. The zero-order valence-electron chi connectivity index (χ0n) is 10.8. The maximum Gasteiger partial charge on any atom is 0.234 e. The number of benzene rings is 1. The van der Waals surface area contributed by atoms with Gasteiger partial charge in [0.15, 0.2) is 0 Å². The van der Waals surface area contributed by atoms with Crippen LogP contribution in [0.25, 0.3) is 11.4 Å². The van der Waals surface area contributed by atoms with Gasteiger partial charge >= 0.3 is 0 Å². The Balaban J connectivity index is 2.41. The van der Waals surface area contributed by atoms with E-state index in [1.165, 1.54) is 18.2 Å². The van der Waals surface area contributed by atoms with E-state index < -0.39 is 5.82 Å². The predicted octanol–water partition coefficient (Wildman–Crippen LogP) is 3.16. The van der Waals surface area contributed by atoms with Crippen molar-refractivity contribution in [2.24, 2.45) is 5.73 Å². The van der Waals surface area contributed by atoms with Gasteiger partial charge in [-0.2, -0.15) is 4.98 Å². The Kier molecular flexibility index (Phi) is 3.87. The first-order valence-corrected chi connectivity index (χ1v) is 6.37. The van der Waals surface area contributed by atoms with Gasteiger partial charge in [-0.3, -0.25) is 0 Å². The fraction of sp³-hybridized carbons (Fsp3) is 0.385. The Morgan fingerprint density at radius 3 is 2.79 bits per heavy atom. The molecule has 102 valence electrons. The largest absolute Gasteiger partial charge is 0.338 e. The van der Waals surface area contributed by atoms with Crippen molar-refractivity contribution in [3.05, 3.63) is 34.9 Å². The standard InChI is InChI=1S/C13H15ClFN3O/c1-3-13(2,7-16)12-17-11(18-19-12)9-5-4-8(15)6-10(9)14/h4-6H,3,7,16H2,1-2H3. The molecular formula is C13H15ClFN3O. The molecule has 0 fully saturated rings.